The summed E-state index contributed by atoms with van der Waals surface area (Å²) in [7, 11) is 0. The molecular formula is C18H20N2O4S. The molecule has 0 saturated carbocycles. The van der Waals surface area contributed by atoms with Crippen LogP contribution in [0.15, 0.2) is 29.8 Å². The summed E-state index contributed by atoms with van der Waals surface area (Å²) in [6, 6.07) is 5.58. The highest BCUT2D eigenvalue weighted by Gasteiger charge is 2.35. The Balaban J connectivity index is 1.78. The number of ether oxygens (including phenoxy) is 1. The van der Waals surface area contributed by atoms with E-state index in [9.17, 15) is 14.7 Å². The highest BCUT2D eigenvalue weighted by atomic mass is 32.1. The van der Waals surface area contributed by atoms with Crippen molar-refractivity contribution in [3.8, 4) is 5.75 Å². The Hall–Kier alpha value is -2.41. The van der Waals surface area contributed by atoms with Crippen molar-refractivity contribution >= 4 is 38.6 Å². The number of carboxylic acid groups (broad SMARTS) is 1. The van der Waals surface area contributed by atoms with Crippen molar-refractivity contribution in [2.24, 2.45) is 11.8 Å². The third-order valence-electron chi connectivity index (χ3n) is 4.30. The smallest absolute Gasteiger partial charge is 0.307 e. The maximum Gasteiger partial charge on any atom is 0.307 e. The van der Waals surface area contributed by atoms with Gasteiger partial charge in [-0.3, -0.25) is 9.59 Å². The van der Waals surface area contributed by atoms with Gasteiger partial charge in [-0.2, -0.15) is 0 Å². The number of amides is 1. The second-order valence-corrected chi connectivity index (χ2v) is 7.14. The number of aromatic nitrogens is 1. The van der Waals surface area contributed by atoms with Gasteiger partial charge in [-0.1, -0.05) is 23.0 Å². The molecule has 2 N–H and O–H groups in total. The molecule has 1 aromatic heterocycles. The largest absolute Gasteiger partial charge is 0.494 e. The number of hydrogen-bond acceptors (Lipinski definition) is 5. The van der Waals surface area contributed by atoms with Gasteiger partial charge in [0.15, 0.2) is 5.13 Å². The first-order valence-electron chi connectivity index (χ1n) is 8.20. The van der Waals surface area contributed by atoms with Crippen molar-refractivity contribution in [3.63, 3.8) is 0 Å². The number of nitrogens with zero attached hydrogens (tertiary/aromatic N) is 1. The van der Waals surface area contributed by atoms with Gasteiger partial charge < -0.3 is 15.2 Å². The number of carbonyl (C=O) groups is 2. The molecule has 1 amide bonds. The summed E-state index contributed by atoms with van der Waals surface area (Å²) < 4.78 is 6.38. The number of fused-ring (bicyclic) bond motifs is 1. The van der Waals surface area contributed by atoms with E-state index in [2.05, 4.69) is 10.3 Å². The zero-order valence-corrected chi connectivity index (χ0v) is 14.9. The first-order valence-corrected chi connectivity index (χ1v) is 9.02. The fourth-order valence-electron chi connectivity index (χ4n) is 3.03. The number of hydrogen-bond donors (Lipinski definition) is 2. The second kappa shape index (κ2) is 7.23. The second-order valence-electron chi connectivity index (χ2n) is 6.11. The van der Waals surface area contributed by atoms with Gasteiger partial charge in [-0.15, -0.1) is 0 Å². The molecule has 6 nitrogen and oxygen atoms in total. The molecule has 1 aliphatic rings. The number of anilines is 1. The first-order chi connectivity index (χ1) is 12.0. The van der Waals surface area contributed by atoms with E-state index in [0.717, 1.165) is 21.5 Å². The number of thiazole rings is 1. The maximum absolute atomic E-state index is 12.6. The van der Waals surface area contributed by atoms with E-state index in [0.29, 0.717) is 24.6 Å². The van der Waals surface area contributed by atoms with Crippen LogP contribution in [-0.2, 0) is 9.59 Å². The normalized spacial score (nSPS) is 20.2. The number of carboxylic acids is 1. The van der Waals surface area contributed by atoms with Crippen molar-refractivity contribution in [3.05, 3.63) is 29.8 Å². The van der Waals surface area contributed by atoms with E-state index < -0.39 is 17.8 Å². The van der Waals surface area contributed by atoms with Crippen molar-refractivity contribution in [1.82, 2.24) is 4.98 Å². The molecule has 3 rings (SSSR count). The number of carbonyl (C=O) groups excluding carboxylic acids is 1. The van der Waals surface area contributed by atoms with Crippen LogP contribution in [0.4, 0.5) is 5.13 Å². The SMILES string of the molecule is CCOc1ccc2nc(NC(=O)C3CC(C)=CCC3C(=O)O)sc2c1. The molecular weight excluding hydrogens is 340 g/mol. The predicted octanol–water partition coefficient (Wildman–Crippen LogP) is 3.69. The third kappa shape index (κ3) is 3.82. The predicted molar refractivity (Wildman–Crippen MR) is 97.0 cm³/mol. The fourth-order valence-corrected chi connectivity index (χ4v) is 3.92. The van der Waals surface area contributed by atoms with Crippen LogP contribution in [0.1, 0.15) is 26.7 Å². The Kier molecular flexibility index (Phi) is 5.03. The molecule has 0 saturated heterocycles. The molecule has 0 bridgehead atoms. The molecule has 0 radical (unpaired) electrons. The topological polar surface area (TPSA) is 88.5 Å². The highest BCUT2D eigenvalue weighted by molar-refractivity contribution is 7.22. The molecule has 1 heterocycles. The average molecular weight is 360 g/mol. The van der Waals surface area contributed by atoms with Crippen LogP contribution in [0.2, 0.25) is 0 Å². The number of benzene rings is 1. The number of allylic oxidation sites excluding steroid dienone is 2. The molecule has 132 valence electrons. The summed E-state index contributed by atoms with van der Waals surface area (Å²) in [5, 5.41) is 12.6. The van der Waals surface area contributed by atoms with E-state index in [1.165, 1.54) is 11.3 Å². The lowest BCUT2D eigenvalue weighted by molar-refractivity contribution is -0.146. The van der Waals surface area contributed by atoms with Crippen molar-refractivity contribution in [2.75, 3.05) is 11.9 Å². The van der Waals surface area contributed by atoms with Crippen molar-refractivity contribution < 1.29 is 19.4 Å². The molecule has 0 spiro atoms. The van der Waals surface area contributed by atoms with Crippen LogP contribution in [0, 0.1) is 11.8 Å². The summed E-state index contributed by atoms with van der Waals surface area (Å²) >= 11 is 1.35. The van der Waals surface area contributed by atoms with E-state index in [1.54, 1.807) is 0 Å². The molecule has 2 atom stereocenters. The quantitative estimate of drug-likeness (QED) is 0.794. The van der Waals surface area contributed by atoms with E-state index in [-0.39, 0.29) is 5.91 Å². The summed E-state index contributed by atoms with van der Waals surface area (Å²) in [6.07, 6.45) is 2.74. The van der Waals surface area contributed by atoms with Crippen LogP contribution < -0.4 is 10.1 Å². The number of aliphatic carboxylic acids is 1. The van der Waals surface area contributed by atoms with Gasteiger partial charge in [0.1, 0.15) is 5.75 Å². The third-order valence-corrected chi connectivity index (χ3v) is 5.24. The molecule has 2 aromatic rings. The Morgan fingerprint density at radius 1 is 1.40 bits per heavy atom. The number of nitrogens with one attached hydrogen (secondary N) is 1. The molecule has 1 aliphatic carbocycles. The van der Waals surface area contributed by atoms with E-state index in [4.69, 9.17) is 4.74 Å². The van der Waals surface area contributed by atoms with Gasteiger partial charge in [0.2, 0.25) is 5.91 Å². The van der Waals surface area contributed by atoms with Gasteiger partial charge in [0.05, 0.1) is 28.7 Å². The standard InChI is InChI=1S/C18H20N2O4S/c1-3-24-11-5-7-14-15(9-11)25-18(19-14)20-16(21)13-8-10(2)4-6-12(13)17(22)23/h4-5,7,9,12-13H,3,6,8H2,1-2H3,(H,22,23)(H,19,20,21). The van der Waals surface area contributed by atoms with Crippen molar-refractivity contribution in [1.29, 1.82) is 0 Å². The Morgan fingerprint density at radius 3 is 2.92 bits per heavy atom. The lowest BCUT2D eigenvalue weighted by atomic mass is 9.79. The maximum atomic E-state index is 12.6. The van der Waals surface area contributed by atoms with Gasteiger partial charge in [0, 0.05) is 0 Å². The zero-order chi connectivity index (χ0) is 18.0. The summed E-state index contributed by atoms with van der Waals surface area (Å²) in [6.45, 7) is 4.42. The summed E-state index contributed by atoms with van der Waals surface area (Å²) in [5.41, 5.74) is 1.82. The minimum Gasteiger partial charge on any atom is -0.494 e. The van der Waals surface area contributed by atoms with Crippen LogP contribution >= 0.6 is 11.3 Å². The Morgan fingerprint density at radius 2 is 2.20 bits per heavy atom. The fraction of sp³-hybridized carbons (Fsp3) is 0.389. The van der Waals surface area contributed by atoms with Gasteiger partial charge in [-0.25, -0.2) is 4.98 Å². The number of rotatable bonds is 5. The lowest BCUT2D eigenvalue weighted by Gasteiger charge is -2.26. The van der Waals surface area contributed by atoms with E-state index in [1.807, 2.05) is 38.1 Å². The first kappa shape index (κ1) is 17.4. The minimum absolute atomic E-state index is 0.288. The minimum atomic E-state index is -0.936. The summed E-state index contributed by atoms with van der Waals surface area (Å²) in [4.78, 5) is 28.5. The van der Waals surface area contributed by atoms with Gasteiger partial charge in [0.25, 0.3) is 0 Å². The molecule has 0 aliphatic heterocycles. The lowest BCUT2D eigenvalue weighted by Crippen LogP contribution is -2.35. The molecule has 7 heteroatoms. The molecule has 1 aromatic carbocycles. The van der Waals surface area contributed by atoms with Crippen LogP contribution in [-0.4, -0.2) is 28.6 Å². The van der Waals surface area contributed by atoms with Crippen LogP contribution in [0.25, 0.3) is 10.2 Å². The summed E-state index contributed by atoms with van der Waals surface area (Å²) in [5.74, 6) is -1.73. The van der Waals surface area contributed by atoms with Crippen LogP contribution in [0.3, 0.4) is 0 Å². The van der Waals surface area contributed by atoms with Crippen molar-refractivity contribution in [2.45, 2.75) is 26.7 Å². The molecule has 25 heavy (non-hydrogen) atoms. The Labute approximate surface area is 149 Å². The highest BCUT2D eigenvalue weighted by Crippen LogP contribution is 2.33. The van der Waals surface area contributed by atoms with Crippen LogP contribution in [0.5, 0.6) is 5.75 Å². The Bertz CT molecular complexity index is 843. The van der Waals surface area contributed by atoms with Gasteiger partial charge >= 0.3 is 5.97 Å². The van der Waals surface area contributed by atoms with E-state index >= 15 is 0 Å². The average Bonchev–Trinajstić information content (AvgIpc) is 2.96. The monoisotopic (exact) mass is 360 g/mol. The van der Waals surface area contributed by atoms with Gasteiger partial charge in [-0.05, 0) is 44.9 Å². The zero-order valence-electron chi connectivity index (χ0n) is 14.1. The molecule has 2 unspecified atom stereocenters. The molecule has 0 fully saturated rings.